The van der Waals surface area contributed by atoms with E-state index >= 15 is 0 Å². The molecule has 1 fully saturated rings. The van der Waals surface area contributed by atoms with E-state index < -0.39 is 0 Å². The van der Waals surface area contributed by atoms with Gasteiger partial charge in [-0.15, -0.1) is 0 Å². The molecule has 0 aromatic rings. The van der Waals surface area contributed by atoms with Gasteiger partial charge in [-0.1, -0.05) is 0 Å². The Morgan fingerprint density at radius 1 is 1.40 bits per heavy atom. The molecule has 1 rings (SSSR count). The maximum Gasteiger partial charge on any atom is 0.239 e. The molecule has 0 aromatic heterocycles. The van der Waals surface area contributed by atoms with Gasteiger partial charge in [0.2, 0.25) is 11.8 Å². The maximum absolute atomic E-state index is 11.4. The van der Waals surface area contributed by atoms with Crippen molar-refractivity contribution in [1.29, 1.82) is 0 Å². The van der Waals surface area contributed by atoms with Crippen LogP contribution in [0.4, 0.5) is 0 Å². The second kappa shape index (κ2) is 6.40. The number of amides is 2. The van der Waals surface area contributed by atoms with Crippen molar-refractivity contribution in [2.75, 3.05) is 26.7 Å². The zero-order valence-electron chi connectivity index (χ0n) is 9.14. The summed E-state index contributed by atoms with van der Waals surface area (Å²) in [7, 11) is 1.56. The minimum atomic E-state index is -0.162. The number of rotatable bonds is 4. The standard InChI is InChI=1S/C10H19N3O2/c1-11-10(15)7-13-9(14)5-8-3-2-4-12-6-8/h8,12H,2-7H2,1H3,(H,11,15)(H,13,14). The molecule has 5 heteroatoms. The van der Waals surface area contributed by atoms with Gasteiger partial charge in [0.1, 0.15) is 0 Å². The van der Waals surface area contributed by atoms with Crippen molar-refractivity contribution in [3.63, 3.8) is 0 Å². The molecule has 5 nitrogen and oxygen atoms in total. The van der Waals surface area contributed by atoms with Crippen LogP contribution in [0.25, 0.3) is 0 Å². The van der Waals surface area contributed by atoms with Crippen LogP contribution in [0.5, 0.6) is 0 Å². The summed E-state index contributed by atoms with van der Waals surface area (Å²) in [5.74, 6) is 0.223. The average Bonchev–Trinajstić information content (AvgIpc) is 2.27. The third kappa shape index (κ3) is 4.78. The molecule has 1 atom stereocenters. The first-order valence-electron chi connectivity index (χ1n) is 5.40. The van der Waals surface area contributed by atoms with Gasteiger partial charge in [-0.25, -0.2) is 0 Å². The fourth-order valence-corrected chi connectivity index (χ4v) is 1.70. The molecule has 1 unspecified atom stereocenters. The minimum absolute atomic E-state index is 0.0349. The molecule has 1 aliphatic heterocycles. The van der Waals surface area contributed by atoms with Gasteiger partial charge in [0.15, 0.2) is 0 Å². The van der Waals surface area contributed by atoms with Gasteiger partial charge in [0.05, 0.1) is 6.54 Å². The van der Waals surface area contributed by atoms with Gasteiger partial charge in [0, 0.05) is 13.5 Å². The SMILES string of the molecule is CNC(=O)CNC(=O)CC1CCCNC1. The molecular formula is C10H19N3O2. The van der Waals surface area contributed by atoms with E-state index in [1.165, 1.54) is 0 Å². The Hall–Kier alpha value is -1.10. The van der Waals surface area contributed by atoms with E-state index in [9.17, 15) is 9.59 Å². The summed E-state index contributed by atoms with van der Waals surface area (Å²) in [6.07, 6.45) is 2.75. The third-order valence-electron chi connectivity index (χ3n) is 2.60. The van der Waals surface area contributed by atoms with E-state index in [4.69, 9.17) is 0 Å². The van der Waals surface area contributed by atoms with Crippen LogP contribution in [-0.2, 0) is 9.59 Å². The second-order valence-corrected chi connectivity index (χ2v) is 3.87. The summed E-state index contributed by atoms with van der Waals surface area (Å²) in [6, 6.07) is 0. The Balaban J connectivity index is 2.14. The number of likely N-dealkylation sites (N-methyl/N-ethyl adjacent to an activating group) is 1. The van der Waals surface area contributed by atoms with Gasteiger partial charge < -0.3 is 16.0 Å². The molecule has 0 bridgehead atoms. The summed E-state index contributed by atoms with van der Waals surface area (Å²) in [5, 5.41) is 8.32. The molecule has 1 heterocycles. The first-order chi connectivity index (χ1) is 7.22. The Morgan fingerprint density at radius 2 is 2.20 bits per heavy atom. The Labute approximate surface area is 90.0 Å². The van der Waals surface area contributed by atoms with Crippen LogP contribution >= 0.6 is 0 Å². The van der Waals surface area contributed by atoms with E-state index in [2.05, 4.69) is 16.0 Å². The molecule has 3 N–H and O–H groups in total. The van der Waals surface area contributed by atoms with E-state index in [0.29, 0.717) is 12.3 Å². The largest absolute Gasteiger partial charge is 0.358 e. The van der Waals surface area contributed by atoms with Crippen molar-refractivity contribution in [1.82, 2.24) is 16.0 Å². The summed E-state index contributed by atoms with van der Waals surface area (Å²) >= 11 is 0. The summed E-state index contributed by atoms with van der Waals surface area (Å²) in [6.45, 7) is 2.04. The lowest BCUT2D eigenvalue weighted by molar-refractivity contribution is -0.126. The van der Waals surface area contributed by atoms with Crippen LogP contribution in [0.15, 0.2) is 0 Å². The first-order valence-corrected chi connectivity index (χ1v) is 5.40. The predicted octanol–water partition coefficient (Wildman–Crippen LogP) is -0.762. The fraction of sp³-hybridized carbons (Fsp3) is 0.800. The summed E-state index contributed by atoms with van der Waals surface area (Å²) in [4.78, 5) is 22.3. The molecule has 2 amide bonds. The van der Waals surface area contributed by atoms with Gasteiger partial charge in [0.25, 0.3) is 0 Å². The molecular weight excluding hydrogens is 194 g/mol. The third-order valence-corrected chi connectivity index (χ3v) is 2.60. The monoisotopic (exact) mass is 213 g/mol. The molecule has 86 valence electrons. The van der Waals surface area contributed by atoms with Crippen LogP contribution < -0.4 is 16.0 Å². The Morgan fingerprint density at radius 3 is 2.80 bits per heavy atom. The number of piperidine rings is 1. The zero-order chi connectivity index (χ0) is 11.1. The van der Waals surface area contributed by atoms with Crippen molar-refractivity contribution in [3.8, 4) is 0 Å². The minimum Gasteiger partial charge on any atom is -0.358 e. The molecule has 1 aliphatic rings. The molecule has 0 radical (unpaired) electrons. The molecule has 1 saturated heterocycles. The highest BCUT2D eigenvalue weighted by molar-refractivity contribution is 5.84. The summed E-state index contributed by atoms with van der Waals surface area (Å²) in [5.41, 5.74) is 0. The number of carbonyl (C=O) groups excluding carboxylic acids is 2. The van der Waals surface area contributed by atoms with Gasteiger partial charge >= 0.3 is 0 Å². The summed E-state index contributed by atoms with van der Waals surface area (Å²) < 4.78 is 0. The predicted molar refractivity (Wildman–Crippen MR) is 57.3 cm³/mol. The lowest BCUT2D eigenvalue weighted by Crippen LogP contribution is -2.38. The zero-order valence-corrected chi connectivity index (χ0v) is 9.14. The molecule has 0 saturated carbocycles. The van der Waals surface area contributed by atoms with Crippen molar-refractivity contribution in [2.45, 2.75) is 19.3 Å². The number of hydrogen-bond acceptors (Lipinski definition) is 3. The lowest BCUT2D eigenvalue weighted by atomic mass is 9.96. The smallest absolute Gasteiger partial charge is 0.239 e. The Bertz CT molecular complexity index is 225. The van der Waals surface area contributed by atoms with Crippen LogP contribution in [0.1, 0.15) is 19.3 Å². The van der Waals surface area contributed by atoms with Crippen LogP contribution in [-0.4, -0.2) is 38.5 Å². The van der Waals surface area contributed by atoms with Crippen molar-refractivity contribution in [2.24, 2.45) is 5.92 Å². The normalized spacial score (nSPS) is 20.7. The second-order valence-electron chi connectivity index (χ2n) is 3.87. The maximum atomic E-state index is 11.4. The Kier molecular flexibility index (Phi) is 5.10. The molecule has 0 aromatic carbocycles. The lowest BCUT2D eigenvalue weighted by Gasteiger charge is -2.21. The van der Waals surface area contributed by atoms with Gasteiger partial charge in [-0.3, -0.25) is 9.59 Å². The topological polar surface area (TPSA) is 70.2 Å². The van der Waals surface area contributed by atoms with Crippen LogP contribution in [0.3, 0.4) is 0 Å². The van der Waals surface area contributed by atoms with E-state index in [1.807, 2.05) is 0 Å². The number of carbonyl (C=O) groups is 2. The van der Waals surface area contributed by atoms with E-state index in [1.54, 1.807) is 7.05 Å². The first kappa shape index (κ1) is 12.0. The molecule has 0 spiro atoms. The fourth-order valence-electron chi connectivity index (χ4n) is 1.70. The van der Waals surface area contributed by atoms with Crippen LogP contribution in [0, 0.1) is 5.92 Å². The highest BCUT2D eigenvalue weighted by Gasteiger charge is 2.16. The quantitative estimate of drug-likeness (QED) is 0.575. The van der Waals surface area contributed by atoms with Crippen molar-refractivity contribution < 1.29 is 9.59 Å². The van der Waals surface area contributed by atoms with Gasteiger partial charge in [-0.05, 0) is 31.8 Å². The molecule has 0 aliphatic carbocycles. The molecule has 15 heavy (non-hydrogen) atoms. The van der Waals surface area contributed by atoms with Crippen molar-refractivity contribution in [3.05, 3.63) is 0 Å². The average molecular weight is 213 g/mol. The van der Waals surface area contributed by atoms with Crippen molar-refractivity contribution >= 4 is 11.8 Å². The highest BCUT2D eigenvalue weighted by atomic mass is 16.2. The van der Waals surface area contributed by atoms with E-state index in [0.717, 1.165) is 25.9 Å². The number of nitrogens with one attached hydrogen (secondary N) is 3. The van der Waals surface area contributed by atoms with Crippen LogP contribution in [0.2, 0.25) is 0 Å². The highest BCUT2D eigenvalue weighted by Crippen LogP contribution is 2.13. The van der Waals surface area contributed by atoms with Gasteiger partial charge in [-0.2, -0.15) is 0 Å². The number of hydrogen-bond donors (Lipinski definition) is 3. The van der Waals surface area contributed by atoms with E-state index in [-0.39, 0.29) is 18.4 Å².